The molecule has 0 aliphatic carbocycles. The number of aromatic hydroxyl groups is 3. The molecule has 1 unspecified atom stereocenters. The number of rotatable bonds is 6. The Morgan fingerprint density at radius 1 is 1.12 bits per heavy atom. The third-order valence-corrected chi connectivity index (χ3v) is 4.11. The van der Waals surface area contributed by atoms with Gasteiger partial charge in [0.05, 0.1) is 11.3 Å². The fraction of sp³-hybridized carbons (Fsp3) is 0.188. The lowest BCUT2D eigenvalue weighted by Crippen LogP contribution is -2.09. The number of hydrogen-bond donors (Lipinski definition) is 6. The summed E-state index contributed by atoms with van der Waals surface area (Å²) in [5.41, 5.74) is 0.00295. The molecule has 0 fully saturated rings. The van der Waals surface area contributed by atoms with Gasteiger partial charge in [0.15, 0.2) is 5.78 Å². The van der Waals surface area contributed by atoms with E-state index in [9.17, 15) is 24.7 Å². The van der Waals surface area contributed by atoms with Crippen molar-refractivity contribution >= 4 is 19.2 Å². The Labute approximate surface area is 143 Å². The molecule has 0 aliphatic rings. The summed E-state index contributed by atoms with van der Waals surface area (Å²) >= 11 is 0. The number of anilines is 1. The molecule has 8 nitrogen and oxygen atoms in total. The first-order chi connectivity index (χ1) is 11.6. The van der Waals surface area contributed by atoms with Gasteiger partial charge in [-0.15, -0.1) is 0 Å². The van der Waals surface area contributed by atoms with Crippen molar-refractivity contribution < 1.29 is 34.5 Å². The molecule has 0 saturated heterocycles. The second-order valence-corrected chi connectivity index (χ2v) is 6.98. The summed E-state index contributed by atoms with van der Waals surface area (Å²) in [7, 11) is -4.75. The Hall–Kier alpha value is -2.54. The maximum atomic E-state index is 12.6. The third kappa shape index (κ3) is 4.96. The van der Waals surface area contributed by atoms with Crippen molar-refractivity contribution in [3.63, 3.8) is 0 Å². The topological polar surface area (TPSA) is 147 Å². The van der Waals surface area contributed by atoms with Gasteiger partial charge in [0.25, 0.3) is 0 Å². The minimum Gasteiger partial charge on any atom is -0.508 e. The van der Waals surface area contributed by atoms with E-state index in [1.807, 2.05) is 5.09 Å². The smallest absolute Gasteiger partial charge is 0.427 e. The maximum Gasteiger partial charge on any atom is 0.427 e. The number of benzene rings is 2. The van der Waals surface area contributed by atoms with E-state index in [0.717, 1.165) is 12.1 Å². The Balaban J connectivity index is 2.33. The van der Waals surface area contributed by atoms with Crippen molar-refractivity contribution in [2.24, 2.45) is 0 Å². The quantitative estimate of drug-likeness (QED) is 0.337. The minimum atomic E-state index is -4.75. The summed E-state index contributed by atoms with van der Waals surface area (Å²) in [6.45, 7) is 1.74. The number of phenolic OH excluding ortho intramolecular Hbond substituents is 3. The van der Waals surface area contributed by atoms with E-state index in [1.165, 1.54) is 12.1 Å². The highest BCUT2D eigenvalue weighted by atomic mass is 31.2. The zero-order chi connectivity index (χ0) is 18.8. The van der Waals surface area contributed by atoms with Gasteiger partial charge in [0, 0.05) is 18.6 Å². The summed E-state index contributed by atoms with van der Waals surface area (Å²) in [6, 6.07) is 8.21. The van der Waals surface area contributed by atoms with Crippen molar-refractivity contribution in [2.45, 2.75) is 19.3 Å². The molecule has 9 heteroatoms. The lowest BCUT2D eigenvalue weighted by atomic mass is 9.92. The van der Waals surface area contributed by atoms with Crippen LogP contribution in [0.15, 0.2) is 36.4 Å². The van der Waals surface area contributed by atoms with Crippen LogP contribution in [0.3, 0.4) is 0 Å². The number of nitrogens with one attached hydrogen (secondary N) is 1. The van der Waals surface area contributed by atoms with Crippen molar-refractivity contribution in [2.75, 3.05) is 5.09 Å². The molecule has 0 aliphatic heterocycles. The first-order valence-electron chi connectivity index (χ1n) is 7.29. The first kappa shape index (κ1) is 18.8. The lowest BCUT2D eigenvalue weighted by Gasteiger charge is -2.16. The molecule has 0 aromatic heterocycles. The molecule has 25 heavy (non-hydrogen) atoms. The van der Waals surface area contributed by atoms with Crippen LogP contribution in [0.4, 0.5) is 5.69 Å². The van der Waals surface area contributed by atoms with Gasteiger partial charge < -0.3 is 25.1 Å². The van der Waals surface area contributed by atoms with Gasteiger partial charge in [-0.1, -0.05) is 19.1 Å². The molecule has 0 saturated carbocycles. The summed E-state index contributed by atoms with van der Waals surface area (Å²) < 4.78 is 11.2. The average Bonchev–Trinajstić information content (AvgIpc) is 2.44. The van der Waals surface area contributed by atoms with Crippen LogP contribution in [0.25, 0.3) is 0 Å². The van der Waals surface area contributed by atoms with E-state index in [4.69, 9.17) is 9.79 Å². The highest BCUT2D eigenvalue weighted by molar-refractivity contribution is 7.53. The molecule has 0 amide bonds. The number of carbonyl (C=O) groups excluding carboxylic acids is 1. The Morgan fingerprint density at radius 2 is 1.80 bits per heavy atom. The van der Waals surface area contributed by atoms with Crippen LogP contribution in [0.1, 0.15) is 35.2 Å². The van der Waals surface area contributed by atoms with Gasteiger partial charge in [0.2, 0.25) is 0 Å². The van der Waals surface area contributed by atoms with E-state index >= 15 is 0 Å². The highest BCUT2D eigenvalue weighted by Gasteiger charge is 2.24. The average molecular weight is 367 g/mol. The molecule has 134 valence electrons. The van der Waals surface area contributed by atoms with Crippen LogP contribution in [-0.4, -0.2) is 30.9 Å². The number of carbonyl (C=O) groups is 1. The normalized spacial score (nSPS) is 12.6. The second kappa shape index (κ2) is 7.14. The fourth-order valence-electron chi connectivity index (χ4n) is 2.48. The van der Waals surface area contributed by atoms with E-state index < -0.39 is 25.0 Å². The highest BCUT2D eigenvalue weighted by Crippen LogP contribution is 2.41. The van der Waals surface area contributed by atoms with Crippen LogP contribution in [0.2, 0.25) is 0 Å². The van der Waals surface area contributed by atoms with Gasteiger partial charge in [-0.25, -0.2) is 4.57 Å². The fourth-order valence-corrected chi connectivity index (χ4v) is 2.97. The predicted molar refractivity (Wildman–Crippen MR) is 90.9 cm³/mol. The number of Topliss-reactive ketones (excluding diaryl/α,β-unsaturated/α-hetero) is 1. The Morgan fingerprint density at radius 3 is 2.40 bits per heavy atom. The summed E-state index contributed by atoms with van der Waals surface area (Å²) in [6.07, 6.45) is -0.0857. The summed E-state index contributed by atoms with van der Waals surface area (Å²) in [5.74, 6) is -1.90. The molecule has 0 radical (unpaired) electrons. The van der Waals surface area contributed by atoms with Crippen molar-refractivity contribution in [3.05, 3.63) is 47.5 Å². The summed E-state index contributed by atoms with van der Waals surface area (Å²) in [4.78, 5) is 30.6. The second-order valence-electron chi connectivity index (χ2n) is 5.67. The zero-order valence-corrected chi connectivity index (χ0v) is 14.1. The van der Waals surface area contributed by atoms with Gasteiger partial charge in [-0.05, 0) is 23.6 Å². The van der Waals surface area contributed by atoms with Crippen LogP contribution in [-0.2, 0) is 4.57 Å². The lowest BCUT2D eigenvalue weighted by molar-refractivity contribution is 0.0974. The molecule has 1 atom stereocenters. The van der Waals surface area contributed by atoms with Crippen LogP contribution in [0, 0.1) is 0 Å². The molecular formula is C16H18NO7P. The largest absolute Gasteiger partial charge is 0.508 e. The molecule has 0 heterocycles. The SMILES string of the molecule is CC(CC(=O)c1c(O)cc(O)cc1NP(=O)(O)O)c1cccc(O)c1. The zero-order valence-electron chi connectivity index (χ0n) is 13.2. The minimum absolute atomic E-state index is 0.0492. The summed E-state index contributed by atoms with van der Waals surface area (Å²) in [5, 5.41) is 30.8. The maximum absolute atomic E-state index is 12.6. The number of hydrogen-bond acceptors (Lipinski definition) is 5. The Kier molecular flexibility index (Phi) is 5.37. The van der Waals surface area contributed by atoms with Gasteiger partial charge >= 0.3 is 7.75 Å². The third-order valence-electron chi connectivity index (χ3n) is 3.58. The first-order valence-corrected chi connectivity index (χ1v) is 8.90. The number of ketones is 1. The molecular weight excluding hydrogens is 349 g/mol. The standard InChI is InChI=1S/C16H18NO7P/c1-9(10-3-2-4-11(18)6-10)5-14(20)16-13(17-25(22,23)24)7-12(19)8-15(16)21/h2-4,6-9,18-19,21H,5H2,1H3,(H3,17,22,23,24). The Bertz CT molecular complexity index is 846. The van der Waals surface area contributed by atoms with Gasteiger partial charge in [0.1, 0.15) is 17.2 Å². The van der Waals surface area contributed by atoms with E-state index in [2.05, 4.69) is 0 Å². The van der Waals surface area contributed by atoms with Gasteiger partial charge in [-0.2, -0.15) is 0 Å². The van der Waals surface area contributed by atoms with Gasteiger partial charge in [-0.3, -0.25) is 9.88 Å². The predicted octanol–water partition coefficient (Wildman–Crippen LogP) is 2.68. The monoisotopic (exact) mass is 367 g/mol. The molecule has 6 N–H and O–H groups in total. The molecule has 0 bridgehead atoms. The van der Waals surface area contributed by atoms with Crippen molar-refractivity contribution in [1.82, 2.24) is 0 Å². The molecule has 2 aromatic rings. The molecule has 2 aromatic carbocycles. The van der Waals surface area contributed by atoms with E-state index in [-0.39, 0.29) is 29.3 Å². The van der Waals surface area contributed by atoms with Crippen LogP contribution in [0.5, 0.6) is 17.2 Å². The molecule has 0 spiro atoms. The number of phenols is 3. The molecule has 2 rings (SSSR count). The van der Waals surface area contributed by atoms with E-state index in [0.29, 0.717) is 5.56 Å². The van der Waals surface area contributed by atoms with Crippen molar-refractivity contribution in [1.29, 1.82) is 0 Å². The van der Waals surface area contributed by atoms with Crippen molar-refractivity contribution in [3.8, 4) is 17.2 Å². The van der Waals surface area contributed by atoms with Crippen LogP contribution >= 0.6 is 7.75 Å². The van der Waals surface area contributed by atoms with E-state index in [1.54, 1.807) is 19.1 Å². The van der Waals surface area contributed by atoms with Crippen LogP contribution < -0.4 is 5.09 Å².